The van der Waals surface area contributed by atoms with Crippen LogP contribution in [-0.2, 0) is 0 Å². The molecule has 0 saturated heterocycles. The van der Waals surface area contributed by atoms with E-state index in [2.05, 4.69) is 6.58 Å². The topological polar surface area (TPSA) is 26.3 Å². The molecule has 1 aliphatic rings. The normalized spacial score (nSPS) is 15.2. The van der Waals surface area contributed by atoms with Crippen molar-refractivity contribution in [3.05, 3.63) is 41.5 Å². The van der Waals surface area contributed by atoms with Gasteiger partial charge in [-0.3, -0.25) is 4.79 Å². The third kappa shape index (κ3) is 1.15. The first-order valence-electron chi connectivity index (χ1n) is 4.15. The maximum absolute atomic E-state index is 11.6. The SMILES string of the molecule is C=C1COc2c(C)cccc2C1=O. The molecule has 0 saturated carbocycles. The van der Waals surface area contributed by atoms with Gasteiger partial charge in [0.2, 0.25) is 0 Å². The van der Waals surface area contributed by atoms with Crippen molar-refractivity contribution in [2.75, 3.05) is 6.61 Å². The van der Waals surface area contributed by atoms with Crippen LogP contribution in [0.4, 0.5) is 0 Å². The van der Waals surface area contributed by atoms with Gasteiger partial charge in [-0.1, -0.05) is 18.7 Å². The summed E-state index contributed by atoms with van der Waals surface area (Å²) in [5, 5.41) is 0. The van der Waals surface area contributed by atoms with Crippen LogP contribution in [0, 0.1) is 6.92 Å². The number of hydrogen-bond acceptors (Lipinski definition) is 2. The van der Waals surface area contributed by atoms with Crippen molar-refractivity contribution >= 4 is 5.78 Å². The monoisotopic (exact) mass is 174 g/mol. The summed E-state index contributed by atoms with van der Waals surface area (Å²) < 4.78 is 5.42. The van der Waals surface area contributed by atoms with Crippen molar-refractivity contribution in [1.82, 2.24) is 0 Å². The first-order chi connectivity index (χ1) is 6.20. The van der Waals surface area contributed by atoms with Crippen molar-refractivity contribution in [3.63, 3.8) is 0 Å². The number of ketones is 1. The van der Waals surface area contributed by atoms with Crippen molar-refractivity contribution in [2.45, 2.75) is 6.92 Å². The van der Waals surface area contributed by atoms with Gasteiger partial charge in [0.05, 0.1) is 5.56 Å². The summed E-state index contributed by atoms with van der Waals surface area (Å²) in [6.07, 6.45) is 0. The summed E-state index contributed by atoms with van der Waals surface area (Å²) in [5.74, 6) is 0.713. The van der Waals surface area contributed by atoms with Crippen molar-refractivity contribution in [3.8, 4) is 5.75 Å². The fraction of sp³-hybridized carbons (Fsp3) is 0.182. The number of benzene rings is 1. The van der Waals surface area contributed by atoms with Gasteiger partial charge in [-0.05, 0) is 18.6 Å². The molecule has 0 amide bonds. The fourth-order valence-electron chi connectivity index (χ4n) is 1.44. The Morgan fingerprint density at radius 3 is 3.00 bits per heavy atom. The lowest BCUT2D eigenvalue weighted by Gasteiger charge is -2.19. The zero-order valence-electron chi connectivity index (χ0n) is 7.46. The molecule has 0 bridgehead atoms. The van der Waals surface area contributed by atoms with Gasteiger partial charge >= 0.3 is 0 Å². The average Bonchev–Trinajstić information content (AvgIpc) is 2.12. The predicted octanol–water partition coefficient (Wildman–Crippen LogP) is 2.13. The Morgan fingerprint density at radius 1 is 1.46 bits per heavy atom. The molecule has 0 radical (unpaired) electrons. The van der Waals surface area contributed by atoms with E-state index in [0.717, 1.165) is 5.56 Å². The van der Waals surface area contributed by atoms with Crippen LogP contribution in [0.2, 0.25) is 0 Å². The number of ether oxygens (including phenoxy) is 1. The third-order valence-electron chi connectivity index (χ3n) is 2.17. The second-order valence-electron chi connectivity index (χ2n) is 3.17. The molecule has 1 aromatic rings. The molecule has 0 atom stereocenters. The highest BCUT2D eigenvalue weighted by Gasteiger charge is 2.22. The van der Waals surface area contributed by atoms with E-state index >= 15 is 0 Å². The molecule has 0 aliphatic carbocycles. The summed E-state index contributed by atoms with van der Waals surface area (Å²) in [4.78, 5) is 11.6. The minimum atomic E-state index is 0.00458. The lowest BCUT2D eigenvalue weighted by molar-refractivity contribution is 0.0999. The highest BCUT2D eigenvalue weighted by Crippen LogP contribution is 2.29. The van der Waals surface area contributed by atoms with Gasteiger partial charge in [-0.2, -0.15) is 0 Å². The Hall–Kier alpha value is -1.57. The van der Waals surface area contributed by atoms with E-state index in [-0.39, 0.29) is 5.78 Å². The van der Waals surface area contributed by atoms with Gasteiger partial charge in [0.25, 0.3) is 0 Å². The molecule has 1 aromatic carbocycles. The van der Waals surface area contributed by atoms with Gasteiger partial charge in [0, 0.05) is 5.57 Å². The van der Waals surface area contributed by atoms with E-state index in [4.69, 9.17) is 4.74 Å². The molecule has 2 heteroatoms. The minimum Gasteiger partial charge on any atom is -0.488 e. The third-order valence-corrected chi connectivity index (χ3v) is 2.17. The molecule has 2 nitrogen and oxygen atoms in total. The Labute approximate surface area is 76.8 Å². The van der Waals surface area contributed by atoms with Crippen LogP contribution in [-0.4, -0.2) is 12.4 Å². The summed E-state index contributed by atoms with van der Waals surface area (Å²) in [6, 6.07) is 5.56. The fourth-order valence-corrected chi connectivity index (χ4v) is 1.44. The van der Waals surface area contributed by atoms with Crippen LogP contribution in [0.5, 0.6) is 5.75 Å². The van der Waals surface area contributed by atoms with Crippen LogP contribution in [0.1, 0.15) is 15.9 Å². The first-order valence-corrected chi connectivity index (χ1v) is 4.15. The van der Waals surface area contributed by atoms with Crippen molar-refractivity contribution < 1.29 is 9.53 Å². The van der Waals surface area contributed by atoms with E-state index in [9.17, 15) is 4.79 Å². The maximum atomic E-state index is 11.6. The van der Waals surface area contributed by atoms with Gasteiger partial charge in [-0.25, -0.2) is 0 Å². The van der Waals surface area contributed by atoms with Crippen LogP contribution in [0.3, 0.4) is 0 Å². The largest absolute Gasteiger partial charge is 0.488 e. The summed E-state index contributed by atoms with van der Waals surface area (Å²) in [5.41, 5.74) is 2.16. The number of aryl methyl sites for hydroxylation is 1. The molecule has 1 heterocycles. The van der Waals surface area contributed by atoms with Crippen LogP contribution < -0.4 is 4.74 Å². The summed E-state index contributed by atoms with van der Waals surface area (Å²) >= 11 is 0. The second-order valence-corrected chi connectivity index (χ2v) is 3.17. The Morgan fingerprint density at radius 2 is 2.23 bits per heavy atom. The number of hydrogen-bond donors (Lipinski definition) is 0. The summed E-state index contributed by atoms with van der Waals surface area (Å²) in [6.45, 7) is 5.90. The number of Topliss-reactive ketones (excluding diaryl/α,β-unsaturated/α-hetero) is 1. The lowest BCUT2D eigenvalue weighted by atomic mass is 9.99. The van der Waals surface area contributed by atoms with E-state index in [1.165, 1.54) is 0 Å². The molecule has 2 rings (SSSR count). The Balaban J connectivity index is 2.62. The zero-order valence-corrected chi connectivity index (χ0v) is 7.46. The van der Waals surface area contributed by atoms with Crippen molar-refractivity contribution in [1.29, 1.82) is 0 Å². The predicted molar refractivity (Wildman–Crippen MR) is 50.1 cm³/mol. The van der Waals surface area contributed by atoms with E-state index in [1.54, 1.807) is 6.07 Å². The molecule has 0 spiro atoms. The van der Waals surface area contributed by atoms with Crippen LogP contribution in [0.25, 0.3) is 0 Å². The highest BCUT2D eigenvalue weighted by atomic mass is 16.5. The molecular weight excluding hydrogens is 164 g/mol. The van der Waals surface area contributed by atoms with E-state index in [1.807, 2.05) is 19.1 Å². The van der Waals surface area contributed by atoms with Crippen LogP contribution >= 0.6 is 0 Å². The molecule has 13 heavy (non-hydrogen) atoms. The summed E-state index contributed by atoms with van der Waals surface area (Å²) in [7, 11) is 0. The number of carbonyl (C=O) groups excluding carboxylic acids is 1. The number of fused-ring (bicyclic) bond motifs is 1. The van der Waals surface area contributed by atoms with Gasteiger partial charge in [0.1, 0.15) is 12.4 Å². The number of carbonyl (C=O) groups is 1. The van der Waals surface area contributed by atoms with Gasteiger partial charge in [-0.15, -0.1) is 0 Å². The molecule has 0 fully saturated rings. The minimum absolute atomic E-state index is 0.00458. The highest BCUT2D eigenvalue weighted by molar-refractivity contribution is 6.11. The number of para-hydroxylation sites is 1. The van der Waals surface area contributed by atoms with Crippen LogP contribution in [0.15, 0.2) is 30.4 Å². The molecule has 1 aliphatic heterocycles. The van der Waals surface area contributed by atoms with E-state index in [0.29, 0.717) is 23.5 Å². The first kappa shape index (κ1) is 8.05. The van der Waals surface area contributed by atoms with E-state index < -0.39 is 0 Å². The molecule has 0 unspecified atom stereocenters. The molecule has 0 N–H and O–H groups in total. The van der Waals surface area contributed by atoms with Gasteiger partial charge < -0.3 is 4.74 Å². The maximum Gasteiger partial charge on any atom is 0.195 e. The standard InChI is InChI=1S/C11H10O2/c1-7-4-3-5-9-10(12)8(2)6-13-11(7)9/h3-5H,2,6H2,1H3. The molecule has 66 valence electrons. The Kier molecular flexibility index (Phi) is 1.69. The van der Waals surface area contributed by atoms with Gasteiger partial charge in [0.15, 0.2) is 5.78 Å². The zero-order chi connectivity index (χ0) is 9.42. The van der Waals surface area contributed by atoms with Crippen molar-refractivity contribution in [2.24, 2.45) is 0 Å². The quantitative estimate of drug-likeness (QED) is 0.563. The smallest absolute Gasteiger partial charge is 0.195 e. The second kappa shape index (κ2) is 2.73. The lowest BCUT2D eigenvalue weighted by Crippen LogP contribution is -2.18. The molecule has 0 aromatic heterocycles. The molecular formula is C11H10O2. The average molecular weight is 174 g/mol. The number of rotatable bonds is 0. The Bertz CT molecular complexity index is 391.